The van der Waals surface area contributed by atoms with E-state index >= 15 is 0 Å². The molecule has 186 valence electrons. The summed E-state index contributed by atoms with van der Waals surface area (Å²) in [4.78, 5) is 45.1. The van der Waals surface area contributed by atoms with Crippen LogP contribution in [0.5, 0.6) is 5.75 Å². The number of para-hydroxylation sites is 1. The first-order valence-electron chi connectivity index (χ1n) is 12.0. The molecular formula is C29H23FN2O5. The summed E-state index contributed by atoms with van der Waals surface area (Å²) in [5, 5.41) is -0.0110. The molecule has 3 heterocycles. The maximum Gasteiger partial charge on any atom is 0.291 e. The zero-order valence-electron chi connectivity index (χ0n) is 20.3. The topological polar surface area (TPSA) is 80.1 Å². The normalized spacial score (nSPS) is 18.1. The molecular weight excluding hydrogens is 475 g/mol. The summed E-state index contributed by atoms with van der Waals surface area (Å²) >= 11 is 0. The van der Waals surface area contributed by atoms with Gasteiger partial charge in [-0.2, -0.15) is 0 Å². The summed E-state index contributed by atoms with van der Waals surface area (Å²) in [7, 11) is 1.58. The van der Waals surface area contributed by atoms with Crippen LogP contribution in [0.25, 0.3) is 11.0 Å². The van der Waals surface area contributed by atoms with E-state index in [-0.39, 0.29) is 28.8 Å². The largest absolute Gasteiger partial charge is 0.497 e. The molecule has 6 rings (SSSR count). The molecule has 1 spiro atoms. The smallest absolute Gasteiger partial charge is 0.291 e. The fraction of sp³-hybridized carbons (Fsp3) is 0.207. The molecule has 0 N–H and O–H groups in total. The van der Waals surface area contributed by atoms with Gasteiger partial charge in [0.1, 0.15) is 17.1 Å². The average molecular weight is 499 g/mol. The Morgan fingerprint density at radius 2 is 1.76 bits per heavy atom. The van der Waals surface area contributed by atoms with Crippen molar-refractivity contribution >= 4 is 28.5 Å². The molecule has 8 heteroatoms. The van der Waals surface area contributed by atoms with E-state index in [0.29, 0.717) is 30.0 Å². The van der Waals surface area contributed by atoms with Crippen molar-refractivity contribution < 1.29 is 23.1 Å². The van der Waals surface area contributed by atoms with Crippen molar-refractivity contribution in [1.29, 1.82) is 0 Å². The molecule has 7 nitrogen and oxygen atoms in total. The Kier molecular flexibility index (Phi) is 5.15. The van der Waals surface area contributed by atoms with E-state index in [1.54, 1.807) is 30.2 Å². The Labute approximate surface area is 211 Å². The van der Waals surface area contributed by atoms with Crippen LogP contribution in [0.15, 0.2) is 75.9 Å². The average Bonchev–Trinajstić information content (AvgIpc) is 3.31. The zero-order valence-corrected chi connectivity index (χ0v) is 20.3. The first-order valence-corrected chi connectivity index (χ1v) is 12.0. The highest BCUT2D eigenvalue weighted by Crippen LogP contribution is 2.52. The van der Waals surface area contributed by atoms with E-state index in [0.717, 1.165) is 11.6 Å². The fourth-order valence-corrected chi connectivity index (χ4v) is 5.61. The standard InChI is InChI=1S/C29H23FN2O5/c1-3-31-22-7-5-4-6-21(22)29(28(31)35)24-25(33)20-16-18(30)10-13-23(20)37-26(24)27(34)32(29)15-14-17-8-11-19(36-2)12-9-17/h4-13,16H,3,14-15H2,1-2H3. The molecule has 0 fully saturated rings. The maximum atomic E-state index is 14.2. The highest BCUT2D eigenvalue weighted by molar-refractivity contribution is 6.17. The number of carbonyl (C=O) groups is 2. The lowest BCUT2D eigenvalue weighted by Crippen LogP contribution is -2.54. The Hall–Kier alpha value is -4.46. The van der Waals surface area contributed by atoms with E-state index in [4.69, 9.17) is 9.15 Å². The van der Waals surface area contributed by atoms with Gasteiger partial charge in [0.05, 0.1) is 23.7 Å². The quantitative estimate of drug-likeness (QED) is 0.411. The van der Waals surface area contributed by atoms with Crippen molar-refractivity contribution in [2.75, 3.05) is 25.1 Å². The highest BCUT2D eigenvalue weighted by Gasteiger charge is 2.64. The van der Waals surface area contributed by atoms with E-state index in [2.05, 4.69) is 0 Å². The Morgan fingerprint density at radius 1 is 1.00 bits per heavy atom. The second-order valence-electron chi connectivity index (χ2n) is 9.11. The number of hydrogen-bond acceptors (Lipinski definition) is 5. The third-order valence-corrected chi connectivity index (χ3v) is 7.30. The van der Waals surface area contributed by atoms with Crippen molar-refractivity contribution in [3.63, 3.8) is 0 Å². The van der Waals surface area contributed by atoms with Gasteiger partial charge in [0.15, 0.2) is 11.0 Å². The summed E-state index contributed by atoms with van der Waals surface area (Å²) < 4.78 is 25.3. The Morgan fingerprint density at radius 3 is 2.49 bits per heavy atom. The number of anilines is 1. The van der Waals surface area contributed by atoms with Crippen molar-refractivity contribution in [3.8, 4) is 5.75 Å². The molecule has 3 aromatic carbocycles. The van der Waals surface area contributed by atoms with Crippen molar-refractivity contribution in [2.24, 2.45) is 0 Å². The number of rotatable bonds is 5. The first kappa shape index (κ1) is 23.0. The third kappa shape index (κ3) is 3.08. The molecule has 1 atom stereocenters. The minimum Gasteiger partial charge on any atom is -0.497 e. The highest BCUT2D eigenvalue weighted by atomic mass is 19.1. The van der Waals surface area contributed by atoms with Crippen LogP contribution >= 0.6 is 0 Å². The van der Waals surface area contributed by atoms with Gasteiger partial charge in [0.2, 0.25) is 5.76 Å². The number of hydrogen-bond donors (Lipinski definition) is 0. The molecule has 0 aliphatic carbocycles. The lowest BCUT2D eigenvalue weighted by molar-refractivity contribution is -0.126. The molecule has 4 aromatic rings. The first-order chi connectivity index (χ1) is 17.9. The SMILES string of the molecule is CCN1C(=O)C2(c3ccccc31)c1c(oc3ccc(F)cc3c1=O)C(=O)N2CCc1ccc(OC)cc1. The van der Waals surface area contributed by atoms with Crippen LogP contribution in [0.1, 0.15) is 34.2 Å². The van der Waals surface area contributed by atoms with E-state index in [1.165, 1.54) is 17.0 Å². The number of benzene rings is 3. The molecule has 0 radical (unpaired) electrons. The van der Waals surface area contributed by atoms with E-state index < -0.39 is 28.6 Å². The van der Waals surface area contributed by atoms with Gasteiger partial charge in [-0.15, -0.1) is 0 Å². The van der Waals surface area contributed by atoms with Gasteiger partial charge in [0, 0.05) is 18.7 Å². The van der Waals surface area contributed by atoms with Crippen molar-refractivity contribution in [3.05, 3.63) is 105 Å². The molecule has 37 heavy (non-hydrogen) atoms. The fourth-order valence-electron chi connectivity index (χ4n) is 5.61. The van der Waals surface area contributed by atoms with E-state index in [9.17, 15) is 18.8 Å². The molecule has 0 saturated carbocycles. The second-order valence-corrected chi connectivity index (χ2v) is 9.11. The van der Waals surface area contributed by atoms with Crippen molar-refractivity contribution in [1.82, 2.24) is 4.90 Å². The van der Waals surface area contributed by atoms with Crippen LogP contribution in [-0.4, -0.2) is 36.9 Å². The number of methoxy groups -OCH3 is 1. The van der Waals surface area contributed by atoms with Crippen LogP contribution in [0, 0.1) is 5.82 Å². The van der Waals surface area contributed by atoms with Gasteiger partial charge < -0.3 is 19.0 Å². The minimum absolute atomic E-state index is 0.0110. The van der Waals surface area contributed by atoms with Gasteiger partial charge in [-0.1, -0.05) is 30.3 Å². The predicted molar refractivity (Wildman–Crippen MR) is 135 cm³/mol. The zero-order chi connectivity index (χ0) is 25.9. The lowest BCUT2D eigenvalue weighted by Gasteiger charge is -2.34. The number of fused-ring (bicyclic) bond motifs is 5. The Balaban J connectivity index is 1.59. The van der Waals surface area contributed by atoms with E-state index in [1.807, 2.05) is 37.3 Å². The molecule has 0 saturated heterocycles. The van der Waals surface area contributed by atoms with Crippen LogP contribution in [0.2, 0.25) is 0 Å². The number of amides is 2. The summed E-state index contributed by atoms with van der Waals surface area (Å²) in [5.41, 5.74) is -0.160. The Bertz CT molecular complexity index is 1640. The molecule has 1 unspecified atom stereocenters. The summed E-state index contributed by atoms with van der Waals surface area (Å²) in [6, 6.07) is 18.2. The van der Waals surface area contributed by atoms with Gasteiger partial charge in [-0.3, -0.25) is 14.4 Å². The molecule has 2 amide bonds. The molecule has 2 aliphatic rings. The summed E-state index contributed by atoms with van der Waals surface area (Å²) in [6.07, 6.45) is 0.426. The molecule has 1 aromatic heterocycles. The lowest BCUT2D eigenvalue weighted by atomic mass is 9.83. The number of nitrogens with zero attached hydrogens (tertiary/aromatic N) is 2. The van der Waals surface area contributed by atoms with Gasteiger partial charge in [-0.25, -0.2) is 4.39 Å². The monoisotopic (exact) mass is 498 g/mol. The van der Waals surface area contributed by atoms with Crippen LogP contribution in [0.3, 0.4) is 0 Å². The van der Waals surface area contributed by atoms with Crippen LogP contribution in [0.4, 0.5) is 10.1 Å². The number of ether oxygens (including phenoxy) is 1. The number of carbonyl (C=O) groups excluding carboxylic acids is 2. The second kappa shape index (κ2) is 8.30. The number of halogens is 1. The molecule has 2 aliphatic heterocycles. The van der Waals surface area contributed by atoms with Crippen LogP contribution < -0.4 is 15.1 Å². The van der Waals surface area contributed by atoms with Crippen LogP contribution in [-0.2, 0) is 16.8 Å². The maximum absolute atomic E-state index is 14.2. The summed E-state index contributed by atoms with van der Waals surface area (Å²) in [5.74, 6) is -1.03. The molecule has 0 bridgehead atoms. The van der Waals surface area contributed by atoms with Crippen molar-refractivity contribution in [2.45, 2.75) is 18.9 Å². The third-order valence-electron chi connectivity index (χ3n) is 7.30. The van der Waals surface area contributed by atoms with Gasteiger partial charge >= 0.3 is 0 Å². The summed E-state index contributed by atoms with van der Waals surface area (Å²) in [6.45, 7) is 2.34. The number of likely N-dealkylation sites (N-methyl/N-ethyl adjacent to an activating group) is 1. The predicted octanol–water partition coefficient (Wildman–Crippen LogP) is 4.25. The minimum atomic E-state index is -1.70. The van der Waals surface area contributed by atoms with Gasteiger partial charge in [-0.05, 0) is 55.3 Å². The van der Waals surface area contributed by atoms with Gasteiger partial charge in [0.25, 0.3) is 11.8 Å².